The Morgan fingerprint density at radius 1 is 1.19 bits per heavy atom. The Balaban J connectivity index is 1.57. The number of rotatable bonds is 5. The maximum Gasteiger partial charge on any atom is 0.179 e. The van der Waals surface area contributed by atoms with E-state index < -0.39 is 0 Å². The van der Waals surface area contributed by atoms with Gasteiger partial charge in [-0.25, -0.2) is 0 Å². The molecule has 2 atom stereocenters. The standard InChI is InChI=1S/C16H22ClNO3/c17-14-6-11(7-15-16(14)21-5-4-20-15)8-18-9-12-2-1-3-13(12)10-19/h6-7,12-13,18-19H,1-5,8-10H2. The average Bonchev–Trinajstić information content (AvgIpc) is 2.95. The van der Waals surface area contributed by atoms with E-state index in [1.807, 2.05) is 12.1 Å². The van der Waals surface area contributed by atoms with E-state index in [-0.39, 0.29) is 0 Å². The van der Waals surface area contributed by atoms with Crippen molar-refractivity contribution in [2.24, 2.45) is 11.8 Å². The van der Waals surface area contributed by atoms with E-state index in [2.05, 4.69) is 5.32 Å². The van der Waals surface area contributed by atoms with Crippen LogP contribution in [0.2, 0.25) is 5.02 Å². The van der Waals surface area contributed by atoms with Crippen LogP contribution in [0.1, 0.15) is 24.8 Å². The van der Waals surface area contributed by atoms with Gasteiger partial charge in [0.1, 0.15) is 13.2 Å². The first-order chi connectivity index (χ1) is 10.3. The highest BCUT2D eigenvalue weighted by Gasteiger charge is 2.26. The van der Waals surface area contributed by atoms with Crippen molar-refractivity contribution < 1.29 is 14.6 Å². The predicted molar refractivity (Wildman–Crippen MR) is 82.1 cm³/mol. The Kier molecular flexibility index (Phi) is 4.88. The van der Waals surface area contributed by atoms with E-state index in [9.17, 15) is 5.11 Å². The van der Waals surface area contributed by atoms with Crippen LogP contribution in [0, 0.1) is 11.8 Å². The quantitative estimate of drug-likeness (QED) is 0.877. The van der Waals surface area contributed by atoms with Crippen molar-refractivity contribution in [1.29, 1.82) is 0 Å². The molecule has 5 heteroatoms. The number of hydrogen-bond acceptors (Lipinski definition) is 4. The van der Waals surface area contributed by atoms with Crippen LogP contribution in [0.15, 0.2) is 12.1 Å². The van der Waals surface area contributed by atoms with Crippen LogP contribution in [0.3, 0.4) is 0 Å². The predicted octanol–water partition coefficient (Wildman–Crippen LogP) is 2.61. The Morgan fingerprint density at radius 2 is 2.00 bits per heavy atom. The van der Waals surface area contributed by atoms with Gasteiger partial charge in [-0.2, -0.15) is 0 Å². The van der Waals surface area contributed by atoms with Crippen LogP contribution in [-0.4, -0.2) is 31.5 Å². The van der Waals surface area contributed by atoms with Crippen molar-refractivity contribution in [2.45, 2.75) is 25.8 Å². The molecule has 1 saturated carbocycles. The molecule has 0 aromatic heterocycles. The summed E-state index contributed by atoms with van der Waals surface area (Å²) in [6.07, 6.45) is 3.59. The van der Waals surface area contributed by atoms with Crippen LogP contribution < -0.4 is 14.8 Å². The zero-order valence-electron chi connectivity index (χ0n) is 12.1. The number of aliphatic hydroxyl groups excluding tert-OH is 1. The molecule has 1 aliphatic carbocycles. The maximum absolute atomic E-state index is 9.35. The van der Waals surface area contributed by atoms with E-state index in [4.69, 9.17) is 21.1 Å². The summed E-state index contributed by atoms with van der Waals surface area (Å²) < 4.78 is 11.1. The lowest BCUT2D eigenvalue weighted by Crippen LogP contribution is -2.26. The lowest BCUT2D eigenvalue weighted by Gasteiger charge is -2.21. The third-order valence-corrected chi connectivity index (χ3v) is 4.72. The third kappa shape index (κ3) is 3.44. The van der Waals surface area contributed by atoms with Crippen LogP contribution in [0.25, 0.3) is 0 Å². The summed E-state index contributed by atoms with van der Waals surface area (Å²) in [4.78, 5) is 0. The molecule has 1 heterocycles. The first-order valence-corrected chi connectivity index (χ1v) is 8.05. The summed E-state index contributed by atoms with van der Waals surface area (Å²) in [5.74, 6) is 2.44. The molecule has 4 nitrogen and oxygen atoms in total. The highest BCUT2D eigenvalue weighted by atomic mass is 35.5. The van der Waals surface area contributed by atoms with Crippen LogP contribution in [0.5, 0.6) is 11.5 Å². The molecule has 1 aromatic carbocycles. The van der Waals surface area contributed by atoms with Gasteiger partial charge in [0.25, 0.3) is 0 Å². The van der Waals surface area contributed by atoms with Crippen molar-refractivity contribution in [2.75, 3.05) is 26.4 Å². The minimum absolute atomic E-state index is 0.308. The van der Waals surface area contributed by atoms with E-state index in [0.717, 1.165) is 30.8 Å². The molecule has 0 amide bonds. The number of ether oxygens (including phenoxy) is 2. The monoisotopic (exact) mass is 311 g/mol. The van der Waals surface area contributed by atoms with E-state index in [1.54, 1.807) is 0 Å². The summed E-state index contributed by atoms with van der Waals surface area (Å²) in [5, 5.41) is 13.4. The SMILES string of the molecule is OCC1CCCC1CNCc1cc(Cl)c2c(c1)OCCO2. The summed E-state index contributed by atoms with van der Waals surface area (Å²) in [7, 11) is 0. The minimum atomic E-state index is 0.308. The molecular weight excluding hydrogens is 290 g/mol. The van der Waals surface area contributed by atoms with Gasteiger partial charge in [-0.15, -0.1) is 0 Å². The molecule has 2 aliphatic rings. The Bertz CT molecular complexity index is 495. The summed E-state index contributed by atoms with van der Waals surface area (Å²) in [5.41, 5.74) is 1.10. The Hall–Kier alpha value is -0.970. The molecule has 0 bridgehead atoms. The fourth-order valence-corrected chi connectivity index (χ4v) is 3.58. The summed E-state index contributed by atoms with van der Waals surface area (Å²) >= 11 is 6.23. The number of aliphatic hydroxyl groups is 1. The van der Waals surface area contributed by atoms with Gasteiger partial charge in [0.2, 0.25) is 0 Å². The number of fused-ring (bicyclic) bond motifs is 1. The van der Waals surface area contributed by atoms with Crippen molar-refractivity contribution in [3.63, 3.8) is 0 Å². The van der Waals surface area contributed by atoms with Crippen LogP contribution in [-0.2, 0) is 6.54 Å². The van der Waals surface area contributed by atoms with Crippen molar-refractivity contribution in [3.05, 3.63) is 22.7 Å². The first kappa shape index (κ1) is 14.9. The van der Waals surface area contributed by atoms with Gasteiger partial charge in [0.05, 0.1) is 5.02 Å². The Labute approximate surface area is 130 Å². The summed E-state index contributed by atoms with van der Waals surface area (Å²) in [6, 6.07) is 3.92. The highest BCUT2D eigenvalue weighted by molar-refractivity contribution is 6.32. The molecule has 116 valence electrons. The molecule has 0 saturated heterocycles. The molecule has 0 radical (unpaired) electrons. The van der Waals surface area contributed by atoms with Gasteiger partial charge >= 0.3 is 0 Å². The van der Waals surface area contributed by atoms with Gasteiger partial charge in [-0.3, -0.25) is 0 Å². The van der Waals surface area contributed by atoms with Gasteiger partial charge in [-0.1, -0.05) is 18.0 Å². The number of benzene rings is 1. The second-order valence-corrected chi connectivity index (χ2v) is 6.27. The number of halogens is 1. The molecule has 1 aliphatic heterocycles. The topological polar surface area (TPSA) is 50.7 Å². The normalized spacial score (nSPS) is 24.3. The number of nitrogens with one attached hydrogen (secondary N) is 1. The second-order valence-electron chi connectivity index (χ2n) is 5.87. The van der Waals surface area contributed by atoms with E-state index >= 15 is 0 Å². The van der Waals surface area contributed by atoms with Gasteiger partial charge in [-0.05, 0) is 48.9 Å². The zero-order valence-corrected chi connectivity index (χ0v) is 12.9. The molecule has 0 spiro atoms. The third-order valence-electron chi connectivity index (χ3n) is 4.44. The first-order valence-electron chi connectivity index (χ1n) is 7.67. The fourth-order valence-electron chi connectivity index (χ4n) is 3.29. The molecule has 1 fully saturated rings. The van der Waals surface area contributed by atoms with Crippen molar-refractivity contribution in [1.82, 2.24) is 5.32 Å². The largest absolute Gasteiger partial charge is 0.486 e. The highest BCUT2D eigenvalue weighted by Crippen LogP contribution is 2.38. The molecule has 21 heavy (non-hydrogen) atoms. The molecule has 2 unspecified atom stereocenters. The van der Waals surface area contributed by atoms with Gasteiger partial charge in [0, 0.05) is 13.2 Å². The zero-order chi connectivity index (χ0) is 14.7. The minimum Gasteiger partial charge on any atom is -0.486 e. The van der Waals surface area contributed by atoms with Crippen LogP contribution >= 0.6 is 11.6 Å². The molecular formula is C16H22ClNO3. The van der Waals surface area contributed by atoms with E-state index in [1.165, 1.54) is 12.8 Å². The van der Waals surface area contributed by atoms with Gasteiger partial charge in [0.15, 0.2) is 11.5 Å². The van der Waals surface area contributed by atoms with Gasteiger partial charge < -0.3 is 19.9 Å². The molecule has 1 aromatic rings. The maximum atomic E-state index is 9.35. The average molecular weight is 312 g/mol. The second kappa shape index (κ2) is 6.86. The lowest BCUT2D eigenvalue weighted by atomic mass is 9.97. The summed E-state index contributed by atoms with van der Waals surface area (Å²) in [6.45, 7) is 3.12. The van der Waals surface area contributed by atoms with E-state index in [0.29, 0.717) is 42.4 Å². The smallest absolute Gasteiger partial charge is 0.179 e. The Morgan fingerprint density at radius 3 is 2.86 bits per heavy atom. The van der Waals surface area contributed by atoms with Crippen molar-refractivity contribution in [3.8, 4) is 11.5 Å². The fraction of sp³-hybridized carbons (Fsp3) is 0.625. The molecule has 2 N–H and O–H groups in total. The van der Waals surface area contributed by atoms with Crippen molar-refractivity contribution >= 4 is 11.6 Å². The molecule has 3 rings (SSSR count). The lowest BCUT2D eigenvalue weighted by molar-refractivity contribution is 0.171. The number of hydrogen-bond donors (Lipinski definition) is 2. The van der Waals surface area contributed by atoms with Crippen LogP contribution in [0.4, 0.5) is 0 Å².